The molecule has 5 aliphatic rings. The number of rotatable bonds is 41. The minimum Gasteiger partial charge on any atom is -0.394 e. The van der Waals surface area contributed by atoms with Crippen LogP contribution in [-0.4, -0.2) is 367 Å². The van der Waals surface area contributed by atoms with Gasteiger partial charge in [-0.25, -0.2) is 4.79 Å². The Morgan fingerprint density at radius 1 is 0.430 bits per heavy atom. The number of carbonyl (C=O) groups excluding carboxylic acids is 10. The number of hydrogen-bond acceptors (Lipinski definition) is 34. The molecular formula is C58H97N9O33. The molecule has 0 aromatic heterocycles. The van der Waals surface area contributed by atoms with Gasteiger partial charge in [0.1, 0.15) is 97.5 Å². The Balaban J connectivity index is 1.28. The number of carbonyl (C=O) groups is 10. The van der Waals surface area contributed by atoms with E-state index in [2.05, 4.69) is 37.2 Å². The van der Waals surface area contributed by atoms with E-state index in [1.807, 2.05) is 0 Å². The fourth-order valence-corrected chi connectivity index (χ4v) is 10.6. The van der Waals surface area contributed by atoms with Crippen LogP contribution in [-0.2, 0) is 90.7 Å². The van der Waals surface area contributed by atoms with Crippen LogP contribution in [0.3, 0.4) is 0 Å². The summed E-state index contributed by atoms with van der Waals surface area (Å²) in [5.74, 6) is -8.40. The number of hydroxylamine groups is 2. The quantitative estimate of drug-likeness (QED) is 0.0200. The largest absolute Gasteiger partial charge is 0.394 e. The van der Waals surface area contributed by atoms with Crippen LogP contribution in [0.5, 0.6) is 0 Å². The molecule has 9 amide bonds. The van der Waals surface area contributed by atoms with Gasteiger partial charge in [-0.15, -0.1) is 5.06 Å². The molecule has 5 fully saturated rings. The van der Waals surface area contributed by atoms with E-state index in [1.54, 1.807) is 0 Å². The second kappa shape index (κ2) is 42.5. The molecule has 0 aromatic rings. The van der Waals surface area contributed by atoms with Crippen molar-refractivity contribution in [2.75, 3.05) is 92.0 Å². The van der Waals surface area contributed by atoms with Gasteiger partial charge in [-0.2, -0.15) is 0 Å². The summed E-state index contributed by atoms with van der Waals surface area (Å²) in [4.78, 5) is 138. The van der Waals surface area contributed by atoms with Crippen molar-refractivity contribution in [3.05, 3.63) is 0 Å². The molecule has 0 saturated carbocycles. The molecular weight excluding hydrogens is 1350 g/mol. The lowest BCUT2D eigenvalue weighted by molar-refractivity contribution is -0.300. The van der Waals surface area contributed by atoms with Gasteiger partial charge >= 0.3 is 5.97 Å². The van der Waals surface area contributed by atoms with Crippen molar-refractivity contribution >= 4 is 59.1 Å². The SMILES string of the molecule is C[C@@H]1O[C@@H](OCCNC(=O)CC[C@H](NC(=O)CN(CC(=O)NCCCCCC(=O)ON2C(=O)CCC2=O)CC(=O)N[C@@H](CCC(=O)NCCO[C@H]2O[C@H](CO)[C@@H](O)[C@H](O)[C@H]2O)C(=O)NCCO[C@H]2O[C@H](CO)[C@@H](O)[C@H](O)[C@H]2O)C(=O)NCCO[C@@H]2O[C@@H](C)[C@@H](O)[C@@H](O)[C@@H]2O)[C@@H](O)[C@H](O)[C@@H]1O. The highest BCUT2D eigenvalue weighted by Gasteiger charge is 2.47. The molecule has 5 heterocycles. The van der Waals surface area contributed by atoms with Crippen LogP contribution in [0.15, 0.2) is 0 Å². The maximum absolute atomic E-state index is 14.1. The number of hydrogen-bond donors (Lipinski definition) is 21. The molecule has 5 aliphatic heterocycles. The van der Waals surface area contributed by atoms with E-state index in [-0.39, 0.29) is 78.1 Å². The third-order valence-corrected chi connectivity index (χ3v) is 16.4. The Morgan fingerprint density at radius 2 is 0.780 bits per heavy atom. The van der Waals surface area contributed by atoms with Gasteiger partial charge in [-0.1, -0.05) is 6.42 Å². The number of unbranched alkanes of at least 4 members (excludes halogenated alkanes) is 2. The molecule has 5 rings (SSSR count). The van der Waals surface area contributed by atoms with Crippen LogP contribution >= 0.6 is 0 Å². The highest BCUT2D eigenvalue weighted by atomic mass is 16.7. The van der Waals surface area contributed by atoms with E-state index in [9.17, 15) is 119 Å². The first-order chi connectivity index (χ1) is 47.5. The molecule has 42 nitrogen and oxygen atoms in total. The van der Waals surface area contributed by atoms with Crippen molar-refractivity contribution in [2.24, 2.45) is 0 Å². The third kappa shape index (κ3) is 26.4. The second-order valence-electron chi connectivity index (χ2n) is 24.2. The number of nitrogens with zero attached hydrogens (tertiary/aromatic N) is 2. The smallest absolute Gasteiger partial charge is 0.333 e. The van der Waals surface area contributed by atoms with Crippen LogP contribution in [0.25, 0.3) is 0 Å². The summed E-state index contributed by atoms with van der Waals surface area (Å²) < 4.78 is 43.2. The standard InChI is InChI=1S/C58H97N9O33/c1-27-41(78)45(82)49(86)55(96-27)92-18-14-60-33(70)9-7-29(53(90)62-16-20-93-56-50(87)46(83)42(79)28(2)97-56)64-36(73)23-66(22-35(72)59-13-5-3-4-6-40(77)100-67-38(75)11-12-39(67)76)24-37(74)65-30(54(91)63-17-21-95-58-52(89)48(85)44(81)32(26-69)99-58)8-10-34(71)61-15-19-94-57-51(88)47(84)43(80)31(25-68)98-57/h27-32,41-52,55-58,68-69,78-89H,3-26H2,1-2H3,(H,59,72)(H,60,70)(H,61,71)(H,62,90)(H,63,91)(H,64,73)(H,65,74)/t27-,28-,29-,30-,31+,32+,41+,42+,43+,44+,45+,46+,47-,48-,49-,50-,51+,52+,55+,56+,57-,58-/m0/s1. The van der Waals surface area contributed by atoms with E-state index >= 15 is 0 Å². The van der Waals surface area contributed by atoms with E-state index in [1.165, 1.54) is 13.8 Å². The van der Waals surface area contributed by atoms with Crippen LogP contribution in [0.2, 0.25) is 0 Å². The predicted molar refractivity (Wildman–Crippen MR) is 326 cm³/mol. The van der Waals surface area contributed by atoms with Crippen LogP contribution in [0, 0.1) is 0 Å². The van der Waals surface area contributed by atoms with Gasteiger partial charge in [0.25, 0.3) is 11.8 Å². The van der Waals surface area contributed by atoms with Crippen molar-refractivity contribution < 1.29 is 162 Å². The second-order valence-corrected chi connectivity index (χ2v) is 24.2. The van der Waals surface area contributed by atoms with E-state index in [0.717, 1.165) is 4.90 Å². The van der Waals surface area contributed by atoms with E-state index in [0.29, 0.717) is 11.5 Å². The van der Waals surface area contributed by atoms with Crippen LogP contribution < -0.4 is 37.2 Å². The predicted octanol–water partition coefficient (Wildman–Crippen LogP) is -13.1. The maximum atomic E-state index is 14.1. The van der Waals surface area contributed by atoms with Gasteiger partial charge in [0, 0.05) is 64.8 Å². The Bertz CT molecular complexity index is 2620. The topological polar surface area (TPSA) is 628 Å². The Kier molecular flexibility index (Phi) is 36.0. The van der Waals surface area contributed by atoms with Gasteiger partial charge in [0.05, 0.1) is 71.5 Å². The number of ether oxygens (including phenoxy) is 8. The maximum Gasteiger partial charge on any atom is 0.333 e. The lowest BCUT2D eigenvalue weighted by Crippen LogP contribution is -2.59. The summed E-state index contributed by atoms with van der Waals surface area (Å²) in [5, 5.41) is 159. The van der Waals surface area contributed by atoms with E-state index in [4.69, 9.17) is 42.7 Å². The van der Waals surface area contributed by atoms with Crippen molar-refractivity contribution in [2.45, 2.75) is 213 Å². The molecule has 0 aromatic carbocycles. The lowest BCUT2D eigenvalue weighted by atomic mass is 9.99. The zero-order valence-corrected chi connectivity index (χ0v) is 55.1. The Morgan fingerprint density at radius 3 is 1.17 bits per heavy atom. The highest BCUT2D eigenvalue weighted by molar-refractivity contribution is 6.01. The first kappa shape index (κ1) is 84.6. The zero-order chi connectivity index (χ0) is 73.9. The van der Waals surface area contributed by atoms with Crippen molar-refractivity contribution in [1.29, 1.82) is 0 Å². The Hall–Kier alpha value is -6.02. The number of nitrogens with one attached hydrogen (secondary N) is 7. The number of amides is 9. The summed E-state index contributed by atoms with van der Waals surface area (Å²) in [5.41, 5.74) is 0. The first-order valence-corrected chi connectivity index (χ1v) is 32.7. The molecule has 0 bridgehead atoms. The van der Waals surface area contributed by atoms with Crippen molar-refractivity contribution in [3.8, 4) is 0 Å². The molecule has 22 atom stereocenters. The summed E-state index contributed by atoms with van der Waals surface area (Å²) in [6.45, 7) is -3.91. The molecule has 42 heteroatoms. The monoisotopic (exact) mass is 1450 g/mol. The minimum atomic E-state index is -1.81. The van der Waals surface area contributed by atoms with Gasteiger partial charge in [0.2, 0.25) is 41.4 Å². The van der Waals surface area contributed by atoms with Crippen LogP contribution in [0.4, 0.5) is 0 Å². The first-order valence-electron chi connectivity index (χ1n) is 32.7. The average molecular weight is 1450 g/mol. The molecule has 0 aliphatic carbocycles. The molecule has 0 spiro atoms. The molecule has 0 radical (unpaired) electrons. The summed E-state index contributed by atoms with van der Waals surface area (Å²) in [6, 6.07) is -3.20. The lowest BCUT2D eigenvalue weighted by Gasteiger charge is -2.39. The minimum absolute atomic E-state index is 0.0379. The fourth-order valence-electron chi connectivity index (χ4n) is 10.6. The van der Waals surface area contributed by atoms with Gasteiger partial charge in [-0.05, 0) is 39.5 Å². The summed E-state index contributed by atoms with van der Waals surface area (Å²) in [6.07, 6.45) is -32.0. The van der Waals surface area contributed by atoms with Crippen LogP contribution in [0.1, 0.15) is 78.1 Å². The highest BCUT2D eigenvalue weighted by Crippen LogP contribution is 2.26. The summed E-state index contributed by atoms with van der Waals surface area (Å²) in [7, 11) is 0. The van der Waals surface area contributed by atoms with E-state index < -0.39 is 266 Å². The summed E-state index contributed by atoms with van der Waals surface area (Å²) >= 11 is 0. The zero-order valence-electron chi connectivity index (χ0n) is 55.1. The van der Waals surface area contributed by atoms with Crippen molar-refractivity contribution in [3.63, 3.8) is 0 Å². The molecule has 21 N–H and O–H groups in total. The number of aliphatic hydroxyl groups is 14. The molecule has 100 heavy (non-hydrogen) atoms. The third-order valence-electron chi connectivity index (χ3n) is 16.4. The molecule has 5 saturated heterocycles. The van der Waals surface area contributed by atoms with Crippen molar-refractivity contribution in [1.82, 2.24) is 47.2 Å². The van der Waals surface area contributed by atoms with Gasteiger partial charge in [0.15, 0.2) is 25.2 Å². The molecule has 572 valence electrons. The Labute approximate surface area is 572 Å². The number of imide groups is 1. The number of aliphatic hydroxyl groups excluding tert-OH is 14. The fraction of sp³-hybridized carbons (Fsp3) is 0.828. The average Bonchev–Trinajstić information content (AvgIpc) is 1.16. The molecule has 0 unspecified atom stereocenters. The van der Waals surface area contributed by atoms with Gasteiger partial charge in [-0.3, -0.25) is 48.1 Å². The van der Waals surface area contributed by atoms with Gasteiger partial charge < -0.3 is 151 Å². The normalized spacial score (nSPS) is 31.4.